The van der Waals surface area contributed by atoms with Gasteiger partial charge in [0.2, 0.25) is 5.91 Å². The molecule has 0 aliphatic carbocycles. The first-order valence-electron chi connectivity index (χ1n) is 11.2. The zero-order valence-electron chi connectivity index (χ0n) is 19.2. The van der Waals surface area contributed by atoms with Crippen LogP contribution in [0.1, 0.15) is 17.5 Å². The Morgan fingerprint density at radius 3 is 2.38 bits per heavy atom. The first-order chi connectivity index (χ1) is 16.5. The summed E-state index contributed by atoms with van der Waals surface area (Å²) >= 11 is 0. The Kier molecular flexibility index (Phi) is 6.92. The molecule has 1 aliphatic rings. The maximum atomic E-state index is 13.4. The second-order valence-corrected chi connectivity index (χ2v) is 8.22. The van der Waals surface area contributed by atoms with Crippen LogP contribution in [0.2, 0.25) is 0 Å². The van der Waals surface area contributed by atoms with Crippen LogP contribution < -0.4 is 15.0 Å². The van der Waals surface area contributed by atoms with Crippen LogP contribution in [0.25, 0.3) is 0 Å². The van der Waals surface area contributed by atoms with Crippen molar-refractivity contribution in [1.82, 2.24) is 4.90 Å². The van der Waals surface area contributed by atoms with Crippen molar-refractivity contribution in [2.45, 2.75) is 25.8 Å². The Balaban J connectivity index is 1.55. The minimum Gasteiger partial charge on any atom is -0.497 e. The van der Waals surface area contributed by atoms with Crippen LogP contribution in [-0.4, -0.2) is 42.4 Å². The SMILES string of the molecule is COc1ccc(CCN2C(=O)N(c3cccc(C)c3)C(=O)[C@H]2CC(=O)Nc2ccccc2)cc1. The van der Waals surface area contributed by atoms with Crippen molar-refractivity contribution >= 4 is 29.2 Å². The molecule has 174 valence electrons. The minimum atomic E-state index is -0.880. The van der Waals surface area contributed by atoms with Gasteiger partial charge in [-0.3, -0.25) is 9.59 Å². The third-order valence-electron chi connectivity index (χ3n) is 5.82. The molecule has 0 unspecified atom stereocenters. The molecular weight excluding hydrogens is 430 g/mol. The van der Waals surface area contributed by atoms with Crippen molar-refractivity contribution in [3.05, 3.63) is 90.0 Å². The van der Waals surface area contributed by atoms with Crippen molar-refractivity contribution < 1.29 is 19.1 Å². The van der Waals surface area contributed by atoms with Gasteiger partial charge in [0.15, 0.2) is 0 Å². The van der Waals surface area contributed by atoms with Gasteiger partial charge < -0.3 is 15.0 Å². The summed E-state index contributed by atoms with van der Waals surface area (Å²) in [5.74, 6) is 0.0312. The van der Waals surface area contributed by atoms with E-state index in [9.17, 15) is 14.4 Å². The second kappa shape index (κ2) is 10.2. The van der Waals surface area contributed by atoms with E-state index < -0.39 is 18.0 Å². The van der Waals surface area contributed by atoms with Crippen molar-refractivity contribution in [1.29, 1.82) is 0 Å². The second-order valence-electron chi connectivity index (χ2n) is 8.22. The van der Waals surface area contributed by atoms with Gasteiger partial charge in [-0.15, -0.1) is 0 Å². The number of para-hydroxylation sites is 1. The number of imide groups is 1. The number of ether oxygens (including phenoxy) is 1. The van der Waals surface area contributed by atoms with Crippen molar-refractivity contribution in [3.63, 3.8) is 0 Å². The number of rotatable bonds is 8. The predicted molar refractivity (Wildman–Crippen MR) is 131 cm³/mol. The molecule has 1 fully saturated rings. The Morgan fingerprint density at radius 2 is 1.71 bits per heavy atom. The topological polar surface area (TPSA) is 79.0 Å². The zero-order chi connectivity index (χ0) is 24.1. The largest absolute Gasteiger partial charge is 0.497 e. The summed E-state index contributed by atoms with van der Waals surface area (Å²) in [7, 11) is 1.61. The molecule has 3 aromatic carbocycles. The maximum Gasteiger partial charge on any atom is 0.332 e. The lowest BCUT2D eigenvalue weighted by Crippen LogP contribution is -2.39. The van der Waals surface area contributed by atoms with Gasteiger partial charge in [0.05, 0.1) is 19.2 Å². The molecule has 0 radical (unpaired) electrons. The number of carbonyl (C=O) groups is 3. The molecule has 7 heteroatoms. The third kappa shape index (κ3) is 5.09. The highest BCUT2D eigenvalue weighted by molar-refractivity contribution is 6.22. The molecule has 4 amide bonds. The van der Waals surface area contributed by atoms with Crippen LogP contribution in [-0.2, 0) is 16.0 Å². The highest BCUT2D eigenvalue weighted by Crippen LogP contribution is 2.28. The van der Waals surface area contributed by atoms with Gasteiger partial charge in [-0.05, 0) is 60.9 Å². The number of nitrogens with zero attached hydrogens (tertiary/aromatic N) is 2. The van der Waals surface area contributed by atoms with Gasteiger partial charge in [-0.1, -0.05) is 42.5 Å². The van der Waals surface area contributed by atoms with Gasteiger partial charge >= 0.3 is 6.03 Å². The molecule has 0 aromatic heterocycles. The summed E-state index contributed by atoms with van der Waals surface area (Å²) in [5, 5.41) is 2.81. The van der Waals surface area contributed by atoms with Gasteiger partial charge in [0, 0.05) is 12.2 Å². The summed E-state index contributed by atoms with van der Waals surface area (Å²) in [4.78, 5) is 42.2. The molecular formula is C27H27N3O4. The third-order valence-corrected chi connectivity index (χ3v) is 5.82. The Labute approximate surface area is 198 Å². The van der Waals surface area contributed by atoms with Crippen LogP contribution in [0, 0.1) is 6.92 Å². The number of amides is 4. The number of aryl methyl sites for hydroxylation is 1. The van der Waals surface area contributed by atoms with E-state index in [1.165, 1.54) is 9.80 Å². The predicted octanol–water partition coefficient (Wildman–Crippen LogP) is 4.41. The van der Waals surface area contributed by atoms with Crippen LogP contribution in [0.15, 0.2) is 78.9 Å². The minimum absolute atomic E-state index is 0.121. The molecule has 7 nitrogen and oxygen atoms in total. The summed E-state index contributed by atoms with van der Waals surface area (Å²) in [6.07, 6.45) is 0.422. The number of methoxy groups -OCH3 is 1. The average Bonchev–Trinajstić information content (AvgIpc) is 3.07. The molecule has 1 N–H and O–H groups in total. The lowest BCUT2D eigenvalue weighted by Gasteiger charge is -2.21. The van der Waals surface area contributed by atoms with E-state index in [2.05, 4.69) is 5.32 Å². The number of anilines is 2. The summed E-state index contributed by atoms with van der Waals surface area (Å²) in [6, 6.07) is 22.6. The van der Waals surface area contributed by atoms with E-state index in [0.29, 0.717) is 24.3 Å². The fourth-order valence-electron chi connectivity index (χ4n) is 4.04. The van der Waals surface area contributed by atoms with Gasteiger partial charge in [-0.2, -0.15) is 0 Å². The van der Waals surface area contributed by atoms with E-state index >= 15 is 0 Å². The lowest BCUT2D eigenvalue weighted by atomic mass is 10.1. The Hall–Kier alpha value is -4.13. The van der Waals surface area contributed by atoms with Crippen molar-refractivity contribution in [2.75, 3.05) is 23.9 Å². The molecule has 3 aromatic rings. The molecule has 1 aliphatic heterocycles. The van der Waals surface area contributed by atoms with Crippen LogP contribution in [0.3, 0.4) is 0 Å². The number of carbonyl (C=O) groups excluding carboxylic acids is 3. The normalized spacial score (nSPS) is 15.5. The summed E-state index contributed by atoms with van der Waals surface area (Å²) in [6.45, 7) is 2.21. The highest BCUT2D eigenvalue weighted by atomic mass is 16.5. The van der Waals surface area contributed by atoms with E-state index in [0.717, 1.165) is 16.9 Å². The number of benzene rings is 3. The molecule has 1 saturated heterocycles. The van der Waals surface area contributed by atoms with Crippen LogP contribution in [0.4, 0.5) is 16.2 Å². The van der Waals surface area contributed by atoms with Gasteiger partial charge in [0.25, 0.3) is 5.91 Å². The Morgan fingerprint density at radius 1 is 0.971 bits per heavy atom. The molecule has 1 heterocycles. The van der Waals surface area contributed by atoms with Gasteiger partial charge in [-0.25, -0.2) is 9.69 Å². The van der Waals surface area contributed by atoms with E-state index in [1.54, 1.807) is 31.4 Å². The number of urea groups is 1. The van der Waals surface area contributed by atoms with E-state index in [-0.39, 0.29) is 12.3 Å². The number of hydrogen-bond acceptors (Lipinski definition) is 4. The molecule has 4 rings (SSSR count). The molecule has 0 saturated carbocycles. The average molecular weight is 458 g/mol. The monoisotopic (exact) mass is 457 g/mol. The van der Waals surface area contributed by atoms with Crippen molar-refractivity contribution in [2.24, 2.45) is 0 Å². The quantitative estimate of drug-likeness (QED) is 0.508. The van der Waals surface area contributed by atoms with E-state index in [4.69, 9.17) is 4.74 Å². The first kappa shape index (κ1) is 23.0. The molecule has 0 bridgehead atoms. The maximum absolute atomic E-state index is 13.4. The lowest BCUT2D eigenvalue weighted by molar-refractivity contribution is -0.124. The fourth-order valence-corrected chi connectivity index (χ4v) is 4.04. The highest BCUT2D eigenvalue weighted by Gasteiger charge is 2.46. The van der Waals surface area contributed by atoms with Crippen molar-refractivity contribution in [3.8, 4) is 5.75 Å². The fraction of sp³-hybridized carbons (Fsp3) is 0.222. The summed E-state index contributed by atoms with van der Waals surface area (Å²) in [5.41, 5.74) is 3.09. The summed E-state index contributed by atoms with van der Waals surface area (Å²) < 4.78 is 5.20. The Bertz CT molecular complexity index is 1180. The number of hydrogen-bond donors (Lipinski definition) is 1. The standard InChI is InChI=1S/C27H27N3O4/c1-19-7-6-10-22(17-19)30-26(32)24(18-25(31)28-21-8-4-3-5-9-21)29(27(30)33)16-15-20-11-13-23(34-2)14-12-20/h3-14,17,24H,15-16,18H2,1-2H3,(H,28,31)/t24-/m1/s1. The first-order valence-corrected chi connectivity index (χ1v) is 11.2. The van der Waals surface area contributed by atoms with Crippen LogP contribution >= 0.6 is 0 Å². The van der Waals surface area contributed by atoms with E-state index in [1.807, 2.05) is 61.5 Å². The zero-order valence-corrected chi connectivity index (χ0v) is 19.2. The smallest absolute Gasteiger partial charge is 0.332 e. The van der Waals surface area contributed by atoms with Gasteiger partial charge in [0.1, 0.15) is 11.8 Å². The number of nitrogens with one attached hydrogen (secondary N) is 1. The van der Waals surface area contributed by atoms with Crippen LogP contribution in [0.5, 0.6) is 5.75 Å². The molecule has 0 spiro atoms. The molecule has 1 atom stereocenters. The molecule has 34 heavy (non-hydrogen) atoms.